The summed E-state index contributed by atoms with van der Waals surface area (Å²) in [5, 5.41) is 6.85. The van der Waals surface area contributed by atoms with Crippen molar-refractivity contribution in [2.24, 2.45) is 0 Å². The summed E-state index contributed by atoms with van der Waals surface area (Å²) in [7, 11) is 0. The zero-order valence-electron chi connectivity index (χ0n) is 14.2. The van der Waals surface area contributed by atoms with E-state index in [9.17, 15) is 9.18 Å². The Hall–Kier alpha value is -3.66. The maximum atomic E-state index is 13.6. The van der Waals surface area contributed by atoms with Crippen LogP contribution in [0.5, 0.6) is 0 Å². The van der Waals surface area contributed by atoms with Crippen molar-refractivity contribution in [3.63, 3.8) is 0 Å². The molecule has 3 aromatic rings. The number of carbonyl (C=O) groups excluding carboxylic acids is 1. The Bertz CT molecular complexity index is 1020. The number of halogens is 1. The minimum atomic E-state index is -0.637. The topological polar surface area (TPSA) is 69.0 Å². The van der Waals surface area contributed by atoms with Gasteiger partial charge < -0.3 is 10.1 Å². The third kappa shape index (κ3) is 3.80. The van der Waals surface area contributed by atoms with Gasteiger partial charge in [0.2, 0.25) is 0 Å². The molecular weight excluding hydrogens is 347 g/mol. The fraction of sp³-hybridized carbons (Fsp3) is 0.150. The molecule has 1 aliphatic rings. The first-order valence-electron chi connectivity index (χ1n) is 8.33. The molecule has 1 aromatic carbocycles. The number of benzene rings is 1. The molecule has 27 heavy (non-hydrogen) atoms. The van der Waals surface area contributed by atoms with Crippen LogP contribution in [-0.2, 0) is 11.3 Å². The van der Waals surface area contributed by atoms with E-state index in [0.29, 0.717) is 17.7 Å². The smallest absolute Gasteiger partial charge is 0.408 e. The van der Waals surface area contributed by atoms with Crippen LogP contribution in [0, 0.1) is 17.7 Å². The first-order valence-corrected chi connectivity index (χ1v) is 8.33. The molecule has 0 bridgehead atoms. The highest BCUT2D eigenvalue weighted by Gasteiger charge is 2.36. The minimum absolute atomic E-state index is 0.384. The molecule has 2 atom stereocenters. The number of aromatic nitrogens is 3. The molecule has 2 aromatic heterocycles. The highest BCUT2D eigenvalue weighted by molar-refractivity contribution is 5.71. The number of amides is 1. The predicted molar refractivity (Wildman–Crippen MR) is 94.8 cm³/mol. The Kier molecular flexibility index (Phi) is 4.54. The first-order chi connectivity index (χ1) is 13.2. The van der Waals surface area contributed by atoms with Crippen LogP contribution in [0.2, 0.25) is 0 Å². The minimum Gasteiger partial charge on any atom is -0.439 e. The number of pyridine rings is 1. The zero-order valence-corrected chi connectivity index (χ0v) is 14.2. The largest absolute Gasteiger partial charge is 0.439 e. The highest BCUT2D eigenvalue weighted by atomic mass is 19.1. The SMILES string of the molecule is O=C1N[C@H](c2cncc(C#CCn3cccn3)c2)[C@@H](c2cccc(F)c2)O1. The molecule has 0 spiro atoms. The number of nitrogens with zero attached hydrogens (tertiary/aromatic N) is 3. The molecule has 0 unspecified atom stereocenters. The van der Waals surface area contributed by atoms with E-state index in [-0.39, 0.29) is 5.82 Å². The first kappa shape index (κ1) is 16.8. The molecule has 0 radical (unpaired) electrons. The Morgan fingerprint density at radius 2 is 2.15 bits per heavy atom. The van der Waals surface area contributed by atoms with Crippen LogP contribution < -0.4 is 5.32 Å². The molecule has 4 rings (SSSR count). The summed E-state index contributed by atoms with van der Waals surface area (Å²) in [5.41, 5.74) is 2.02. The van der Waals surface area contributed by atoms with Gasteiger partial charge in [-0.2, -0.15) is 5.10 Å². The summed E-state index contributed by atoms with van der Waals surface area (Å²) in [4.78, 5) is 16.0. The van der Waals surface area contributed by atoms with Crippen LogP contribution in [0.1, 0.15) is 28.8 Å². The van der Waals surface area contributed by atoms with E-state index in [2.05, 4.69) is 27.2 Å². The van der Waals surface area contributed by atoms with Gasteiger partial charge in [0.25, 0.3) is 0 Å². The average Bonchev–Trinajstić information content (AvgIpc) is 3.32. The van der Waals surface area contributed by atoms with Gasteiger partial charge in [0.1, 0.15) is 18.4 Å². The van der Waals surface area contributed by atoms with Gasteiger partial charge in [-0.25, -0.2) is 9.18 Å². The lowest BCUT2D eigenvalue weighted by Crippen LogP contribution is -2.19. The van der Waals surface area contributed by atoms with Crippen molar-refractivity contribution in [1.82, 2.24) is 20.1 Å². The van der Waals surface area contributed by atoms with Gasteiger partial charge in [-0.05, 0) is 35.4 Å². The Balaban J connectivity index is 1.58. The monoisotopic (exact) mass is 362 g/mol. The maximum Gasteiger partial charge on any atom is 0.408 e. The van der Waals surface area contributed by atoms with E-state index in [1.54, 1.807) is 35.4 Å². The van der Waals surface area contributed by atoms with E-state index in [4.69, 9.17) is 4.74 Å². The lowest BCUT2D eigenvalue weighted by atomic mass is 9.97. The molecule has 1 saturated heterocycles. The van der Waals surface area contributed by atoms with Crippen molar-refractivity contribution < 1.29 is 13.9 Å². The lowest BCUT2D eigenvalue weighted by Gasteiger charge is -2.17. The predicted octanol–water partition coefficient (Wildman–Crippen LogP) is 2.99. The molecule has 0 aliphatic carbocycles. The summed E-state index contributed by atoms with van der Waals surface area (Å²) in [6, 6.07) is 9.22. The second-order valence-corrected chi connectivity index (χ2v) is 6.02. The van der Waals surface area contributed by atoms with Gasteiger partial charge in [0, 0.05) is 30.4 Å². The highest BCUT2D eigenvalue weighted by Crippen LogP contribution is 2.36. The van der Waals surface area contributed by atoms with Crippen molar-refractivity contribution in [2.75, 3.05) is 0 Å². The van der Waals surface area contributed by atoms with Crippen molar-refractivity contribution in [3.05, 3.63) is 83.7 Å². The van der Waals surface area contributed by atoms with E-state index in [1.807, 2.05) is 18.3 Å². The Morgan fingerprint density at radius 3 is 2.96 bits per heavy atom. The Labute approximate surface area is 155 Å². The third-order valence-corrected chi connectivity index (χ3v) is 4.14. The van der Waals surface area contributed by atoms with Crippen LogP contribution in [0.15, 0.2) is 61.2 Å². The van der Waals surface area contributed by atoms with Crippen molar-refractivity contribution in [2.45, 2.75) is 18.7 Å². The number of ether oxygens (including phenoxy) is 1. The fourth-order valence-corrected chi connectivity index (χ4v) is 2.93. The molecule has 3 heterocycles. The number of carbonyl (C=O) groups is 1. The summed E-state index contributed by atoms with van der Waals surface area (Å²) in [5.74, 6) is 5.67. The molecule has 1 fully saturated rings. The van der Waals surface area contributed by atoms with Crippen molar-refractivity contribution in [3.8, 4) is 11.8 Å². The molecule has 1 aliphatic heterocycles. The zero-order chi connectivity index (χ0) is 18.6. The maximum absolute atomic E-state index is 13.6. The molecule has 1 N–H and O–H groups in total. The van der Waals surface area contributed by atoms with E-state index >= 15 is 0 Å². The summed E-state index contributed by atoms with van der Waals surface area (Å²) < 4.78 is 20.6. The lowest BCUT2D eigenvalue weighted by molar-refractivity contribution is 0.132. The number of cyclic esters (lactones) is 1. The van der Waals surface area contributed by atoms with E-state index < -0.39 is 18.2 Å². The number of hydrogen-bond acceptors (Lipinski definition) is 4. The summed E-state index contributed by atoms with van der Waals surface area (Å²) in [6.45, 7) is 0.465. The molecule has 7 heteroatoms. The van der Waals surface area contributed by atoms with Gasteiger partial charge in [-0.15, -0.1) is 0 Å². The van der Waals surface area contributed by atoms with Crippen molar-refractivity contribution in [1.29, 1.82) is 0 Å². The second-order valence-electron chi connectivity index (χ2n) is 6.02. The normalized spacial score (nSPS) is 18.3. The summed E-state index contributed by atoms with van der Waals surface area (Å²) in [6.07, 6.45) is 5.63. The quantitative estimate of drug-likeness (QED) is 0.728. The number of nitrogens with one attached hydrogen (secondary N) is 1. The molecule has 6 nitrogen and oxygen atoms in total. The van der Waals surface area contributed by atoms with Gasteiger partial charge in [-0.3, -0.25) is 9.67 Å². The summed E-state index contributed by atoms with van der Waals surface area (Å²) >= 11 is 0. The van der Waals surface area contributed by atoms with Crippen LogP contribution >= 0.6 is 0 Å². The number of rotatable bonds is 3. The second kappa shape index (κ2) is 7.30. The van der Waals surface area contributed by atoms with Crippen LogP contribution in [0.25, 0.3) is 0 Å². The van der Waals surface area contributed by atoms with Crippen molar-refractivity contribution >= 4 is 6.09 Å². The standard InChI is InChI=1S/C20H15FN4O2/c21-17-6-1-5-15(11-17)19-18(24-20(26)27-19)16-10-14(12-22-13-16)4-2-8-25-9-3-7-23-25/h1,3,5-7,9-13,18-19H,8H2,(H,24,26)/t18-,19-/m1/s1. The van der Waals surface area contributed by atoms with Crippen LogP contribution in [0.3, 0.4) is 0 Å². The van der Waals surface area contributed by atoms with Gasteiger partial charge in [0.05, 0.1) is 0 Å². The average molecular weight is 362 g/mol. The molecular formula is C20H15FN4O2. The molecule has 1 amide bonds. The van der Waals surface area contributed by atoms with Crippen LogP contribution in [-0.4, -0.2) is 20.9 Å². The number of hydrogen-bond donors (Lipinski definition) is 1. The van der Waals surface area contributed by atoms with Gasteiger partial charge in [-0.1, -0.05) is 24.0 Å². The number of alkyl carbamates (subject to hydrolysis) is 1. The van der Waals surface area contributed by atoms with Gasteiger partial charge >= 0.3 is 6.09 Å². The Morgan fingerprint density at radius 1 is 1.22 bits per heavy atom. The third-order valence-electron chi connectivity index (χ3n) is 4.14. The van der Waals surface area contributed by atoms with Gasteiger partial charge in [0.15, 0.2) is 6.10 Å². The fourth-order valence-electron chi connectivity index (χ4n) is 2.93. The van der Waals surface area contributed by atoms with E-state index in [0.717, 1.165) is 5.56 Å². The van der Waals surface area contributed by atoms with E-state index in [1.165, 1.54) is 12.1 Å². The van der Waals surface area contributed by atoms with Crippen LogP contribution in [0.4, 0.5) is 9.18 Å². The molecule has 0 saturated carbocycles. The molecule has 134 valence electrons.